The number of benzene rings is 1. The maximum absolute atomic E-state index is 12.8. The number of piperidine rings is 1. The quantitative estimate of drug-likeness (QED) is 0.621. The van der Waals surface area contributed by atoms with E-state index in [0.29, 0.717) is 31.2 Å². The molecule has 2 fully saturated rings. The third-order valence-corrected chi connectivity index (χ3v) is 6.71. The van der Waals surface area contributed by atoms with E-state index in [1.165, 1.54) is 0 Å². The predicted octanol–water partition coefficient (Wildman–Crippen LogP) is 4.16. The average molecular weight is 495 g/mol. The second-order valence-corrected chi connectivity index (χ2v) is 10.8. The van der Waals surface area contributed by atoms with Gasteiger partial charge in [-0.2, -0.15) is 0 Å². The monoisotopic (exact) mass is 494 g/mol. The lowest BCUT2D eigenvalue weighted by Gasteiger charge is -2.33. The molecule has 3 heterocycles. The van der Waals surface area contributed by atoms with Crippen LogP contribution in [0.15, 0.2) is 42.6 Å². The molecule has 1 aromatic heterocycles. The maximum Gasteiger partial charge on any atom is 0.410 e. The minimum atomic E-state index is -0.472. The van der Waals surface area contributed by atoms with E-state index in [9.17, 15) is 9.59 Å². The van der Waals surface area contributed by atoms with Gasteiger partial charge >= 0.3 is 6.09 Å². The smallest absolute Gasteiger partial charge is 0.410 e. The fourth-order valence-electron chi connectivity index (χ4n) is 4.43. The zero-order chi connectivity index (χ0) is 25.7. The molecule has 8 heteroatoms. The normalized spacial score (nSPS) is 17.7. The van der Waals surface area contributed by atoms with Gasteiger partial charge in [0.15, 0.2) is 0 Å². The highest BCUT2D eigenvalue weighted by Gasteiger charge is 2.27. The summed E-state index contributed by atoms with van der Waals surface area (Å²) in [6.45, 7) is 11.0. The van der Waals surface area contributed by atoms with Crippen molar-refractivity contribution in [2.75, 3.05) is 52.9 Å². The summed E-state index contributed by atoms with van der Waals surface area (Å²) in [5.74, 6) is 1.22. The van der Waals surface area contributed by atoms with Gasteiger partial charge in [-0.05, 0) is 70.8 Å². The highest BCUT2D eigenvalue weighted by atomic mass is 16.6. The lowest BCUT2D eigenvalue weighted by molar-refractivity contribution is 0.0164. The van der Waals surface area contributed by atoms with Gasteiger partial charge in [-0.15, -0.1) is 0 Å². The summed E-state index contributed by atoms with van der Waals surface area (Å²) in [5.41, 5.74) is 2.04. The molecule has 0 aliphatic carbocycles. The molecule has 0 unspecified atom stereocenters. The lowest BCUT2D eigenvalue weighted by atomic mass is 9.98. The highest BCUT2D eigenvalue weighted by molar-refractivity contribution is 5.94. The first-order valence-corrected chi connectivity index (χ1v) is 12.8. The number of carbonyl (C=O) groups is 2. The van der Waals surface area contributed by atoms with E-state index in [1.807, 2.05) is 62.1 Å². The van der Waals surface area contributed by atoms with Crippen molar-refractivity contribution in [3.8, 4) is 17.0 Å². The summed E-state index contributed by atoms with van der Waals surface area (Å²) in [4.78, 5) is 35.5. The number of amides is 2. The molecule has 0 atom stereocenters. The number of pyridine rings is 1. The lowest BCUT2D eigenvalue weighted by Crippen LogP contribution is -2.47. The van der Waals surface area contributed by atoms with Crippen LogP contribution in [0.3, 0.4) is 0 Å². The Kier molecular flexibility index (Phi) is 8.14. The van der Waals surface area contributed by atoms with Crippen molar-refractivity contribution in [1.82, 2.24) is 19.7 Å². The summed E-state index contributed by atoms with van der Waals surface area (Å²) < 4.78 is 11.5. The molecule has 0 spiro atoms. The van der Waals surface area contributed by atoms with Gasteiger partial charge in [-0.25, -0.2) is 4.79 Å². The Hall–Kier alpha value is -3.13. The zero-order valence-electron chi connectivity index (χ0n) is 21.9. The summed E-state index contributed by atoms with van der Waals surface area (Å²) in [6, 6.07) is 11.5. The molecule has 0 radical (unpaired) electrons. The third-order valence-electron chi connectivity index (χ3n) is 6.71. The number of likely N-dealkylation sites (N-methyl/N-ethyl adjacent to an activating group) is 1. The van der Waals surface area contributed by atoms with Crippen molar-refractivity contribution < 1.29 is 19.1 Å². The van der Waals surface area contributed by atoms with Crippen LogP contribution >= 0.6 is 0 Å². The minimum absolute atomic E-state index is 0.0864. The second-order valence-electron chi connectivity index (χ2n) is 10.8. The fraction of sp³-hybridized carbons (Fsp3) is 0.536. The van der Waals surface area contributed by atoms with Crippen molar-refractivity contribution >= 4 is 12.0 Å². The third kappa shape index (κ3) is 6.97. The molecular weight excluding hydrogens is 456 g/mol. The maximum atomic E-state index is 12.8. The minimum Gasteiger partial charge on any atom is -0.492 e. The molecule has 0 saturated carbocycles. The Labute approximate surface area is 214 Å². The molecule has 2 amide bonds. The van der Waals surface area contributed by atoms with Crippen molar-refractivity contribution in [2.24, 2.45) is 5.92 Å². The number of aromatic nitrogens is 1. The second kappa shape index (κ2) is 11.3. The van der Waals surface area contributed by atoms with Crippen LogP contribution in [0.4, 0.5) is 4.79 Å². The summed E-state index contributed by atoms with van der Waals surface area (Å²) in [6.07, 6.45) is 3.29. The Morgan fingerprint density at radius 1 is 0.917 bits per heavy atom. The first kappa shape index (κ1) is 25.9. The average Bonchev–Trinajstić information content (AvgIpc) is 2.87. The number of hydrogen-bond donors (Lipinski definition) is 0. The SMILES string of the molecule is CN1CCN(C(=O)c2ccc(-c3ccc(OCC4CCN(C(=O)OC(C)(C)C)CC4)cn3)cc2)CC1. The van der Waals surface area contributed by atoms with Crippen LogP contribution < -0.4 is 4.74 Å². The van der Waals surface area contributed by atoms with E-state index in [-0.39, 0.29) is 12.0 Å². The van der Waals surface area contributed by atoms with E-state index in [0.717, 1.165) is 56.0 Å². The van der Waals surface area contributed by atoms with E-state index < -0.39 is 5.60 Å². The summed E-state index contributed by atoms with van der Waals surface area (Å²) in [5, 5.41) is 0. The van der Waals surface area contributed by atoms with Crippen molar-refractivity contribution in [3.63, 3.8) is 0 Å². The first-order chi connectivity index (χ1) is 17.2. The van der Waals surface area contributed by atoms with Crippen molar-refractivity contribution in [2.45, 2.75) is 39.2 Å². The van der Waals surface area contributed by atoms with Gasteiger partial charge in [0.25, 0.3) is 5.91 Å². The van der Waals surface area contributed by atoms with E-state index in [2.05, 4.69) is 16.9 Å². The van der Waals surface area contributed by atoms with Crippen molar-refractivity contribution in [1.29, 1.82) is 0 Å². The van der Waals surface area contributed by atoms with Crippen molar-refractivity contribution in [3.05, 3.63) is 48.2 Å². The number of hydrogen-bond acceptors (Lipinski definition) is 6. The first-order valence-electron chi connectivity index (χ1n) is 12.8. The van der Waals surface area contributed by atoms with E-state index >= 15 is 0 Å². The fourth-order valence-corrected chi connectivity index (χ4v) is 4.43. The number of piperazine rings is 1. The Balaban J connectivity index is 1.24. The molecule has 36 heavy (non-hydrogen) atoms. The van der Waals surface area contributed by atoms with Gasteiger partial charge < -0.3 is 24.2 Å². The summed E-state index contributed by atoms with van der Waals surface area (Å²) in [7, 11) is 2.08. The van der Waals surface area contributed by atoms with Gasteiger partial charge in [-0.1, -0.05) is 12.1 Å². The van der Waals surface area contributed by atoms with Gasteiger partial charge in [0.2, 0.25) is 0 Å². The summed E-state index contributed by atoms with van der Waals surface area (Å²) >= 11 is 0. The van der Waals surface area contributed by atoms with E-state index in [4.69, 9.17) is 9.47 Å². The van der Waals surface area contributed by atoms with Crippen LogP contribution in [0, 0.1) is 5.92 Å². The molecule has 1 aromatic carbocycles. The Bertz CT molecular complexity index is 1020. The van der Waals surface area contributed by atoms with Crippen LogP contribution in [-0.2, 0) is 4.74 Å². The van der Waals surface area contributed by atoms with Crippen LogP contribution in [0.1, 0.15) is 44.0 Å². The number of carbonyl (C=O) groups excluding carboxylic acids is 2. The predicted molar refractivity (Wildman–Crippen MR) is 139 cm³/mol. The van der Waals surface area contributed by atoms with Crippen LogP contribution in [0.5, 0.6) is 5.75 Å². The van der Waals surface area contributed by atoms with E-state index in [1.54, 1.807) is 11.1 Å². The molecule has 2 aliphatic rings. The Morgan fingerprint density at radius 3 is 2.17 bits per heavy atom. The topological polar surface area (TPSA) is 75.2 Å². The molecule has 8 nitrogen and oxygen atoms in total. The standard InChI is InChI=1S/C28H38N4O4/c1-28(2,3)36-27(34)32-13-11-21(12-14-32)20-35-24-9-10-25(29-19-24)22-5-7-23(8-6-22)26(33)31-17-15-30(4)16-18-31/h5-10,19,21H,11-18,20H2,1-4H3. The molecule has 4 rings (SSSR count). The van der Waals surface area contributed by atoms with Crippen LogP contribution in [0.2, 0.25) is 0 Å². The van der Waals surface area contributed by atoms with Gasteiger partial charge in [0, 0.05) is 50.4 Å². The Morgan fingerprint density at radius 2 is 1.58 bits per heavy atom. The van der Waals surface area contributed by atoms with Gasteiger partial charge in [0.05, 0.1) is 18.5 Å². The van der Waals surface area contributed by atoms with Crippen LogP contribution in [-0.4, -0.2) is 90.2 Å². The van der Waals surface area contributed by atoms with Crippen LogP contribution in [0.25, 0.3) is 11.3 Å². The number of rotatable bonds is 5. The van der Waals surface area contributed by atoms with Gasteiger partial charge in [0.1, 0.15) is 11.4 Å². The number of ether oxygens (including phenoxy) is 2. The highest BCUT2D eigenvalue weighted by Crippen LogP contribution is 2.23. The number of nitrogens with zero attached hydrogens (tertiary/aromatic N) is 4. The molecular formula is C28H38N4O4. The molecule has 2 aliphatic heterocycles. The molecule has 194 valence electrons. The largest absolute Gasteiger partial charge is 0.492 e. The molecule has 2 saturated heterocycles. The zero-order valence-corrected chi connectivity index (χ0v) is 21.9. The molecule has 0 N–H and O–H groups in total. The number of likely N-dealkylation sites (tertiary alicyclic amines) is 1. The molecule has 0 bridgehead atoms. The van der Waals surface area contributed by atoms with Gasteiger partial charge in [-0.3, -0.25) is 9.78 Å². The molecule has 2 aromatic rings.